The molecule has 1 rings (SSSR count). The molecule has 0 saturated heterocycles. The molecule has 0 bridgehead atoms. The third-order valence-corrected chi connectivity index (χ3v) is 2.89. The van der Waals surface area contributed by atoms with Crippen LogP contribution in [0.15, 0.2) is 0 Å². The predicted molar refractivity (Wildman–Crippen MR) is 48.2 cm³/mol. The molecule has 0 aromatic heterocycles. The molecular formula is C9H20N2. The Morgan fingerprint density at radius 2 is 1.36 bits per heavy atom. The van der Waals surface area contributed by atoms with Gasteiger partial charge in [0.15, 0.2) is 0 Å². The van der Waals surface area contributed by atoms with Gasteiger partial charge in [-0.2, -0.15) is 0 Å². The summed E-state index contributed by atoms with van der Waals surface area (Å²) in [6.45, 7) is 1.71. The molecule has 2 heteroatoms. The number of nitrogens with two attached hydrogens (primary N) is 2. The van der Waals surface area contributed by atoms with Crippen LogP contribution >= 0.6 is 0 Å². The lowest BCUT2D eigenvalue weighted by Gasteiger charge is -2.17. The topological polar surface area (TPSA) is 52.0 Å². The molecule has 1 saturated carbocycles. The molecule has 2 nitrogen and oxygen atoms in total. The second-order valence-corrected chi connectivity index (χ2v) is 3.61. The molecule has 4 N–H and O–H groups in total. The Kier molecular flexibility index (Phi) is 3.87. The molecule has 0 spiro atoms. The Hall–Kier alpha value is -0.0800. The fourth-order valence-corrected chi connectivity index (χ4v) is 2.30. The maximum absolute atomic E-state index is 5.54. The lowest BCUT2D eigenvalue weighted by atomic mass is 9.90. The van der Waals surface area contributed by atoms with Crippen molar-refractivity contribution in [3.8, 4) is 0 Å². The molecule has 2 atom stereocenters. The molecule has 1 aliphatic carbocycles. The first kappa shape index (κ1) is 9.01. The average molecular weight is 156 g/mol. The first-order valence-corrected chi connectivity index (χ1v) is 4.78. The van der Waals surface area contributed by atoms with Gasteiger partial charge in [-0.1, -0.05) is 19.3 Å². The van der Waals surface area contributed by atoms with Crippen molar-refractivity contribution in [2.24, 2.45) is 23.3 Å². The molecular weight excluding hydrogens is 136 g/mol. The van der Waals surface area contributed by atoms with E-state index >= 15 is 0 Å². The van der Waals surface area contributed by atoms with Crippen molar-refractivity contribution >= 4 is 0 Å². The minimum absolute atomic E-state index is 0.853. The lowest BCUT2D eigenvalue weighted by Crippen LogP contribution is -2.16. The molecule has 0 aliphatic heterocycles. The van der Waals surface area contributed by atoms with Gasteiger partial charge < -0.3 is 11.5 Å². The summed E-state index contributed by atoms with van der Waals surface area (Å²) < 4.78 is 0. The van der Waals surface area contributed by atoms with Crippen molar-refractivity contribution in [1.82, 2.24) is 0 Å². The highest BCUT2D eigenvalue weighted by atomic mass is 14.5. The van der Waals surface area contributed by atoms with Crippen molar-refractivity contribution in [1.29, 1.82) is 0 Å². The van der Waals surface area contributed by atoms with Crippen LogP contribution in [0.1, 0.15) is 32.1 Å². The van der Waals surface area contributed by atoms with Crippen LogP contribution < -0.4 is 11.5 Å². The van der Waals surface area contributed by atoms with E-state index in [2.05, 4.69) is 0 Å². The predicted octanol–water partition coefficient (Wildman–Crippen LogP) is 1.10. The first-order valence-electron chi connectivity index (χ1n) is 4.78. The molecule has 0 amide bonds. The van der Waals surface area contributed by atoms with E-state index in [1.54, 1.807) is 0 Å². The van der Waals surface area contributed by atoms with Crippen LogP contribution in [0.5, 0.6) is 0 Å². The Balaban J connectivity index is 2.25. The van der Waals surface area contributed by atoms with Crippen LogP contribution in [-0.4, -0.2) is 13.1 Å². The van der Waals surface area contributed by atoms with E-state index < -0.39 is 0 Å². The zero-order chi connectivity index (χ0) is 8.10. The number of hydrogen-bond donors (Lipinski definition) is 2. The van der Waals surface area contributed by atoms with E-state index in [0.717, 1.165) is 24.9 Å². The standard InChI is InChI=1S/C9H20N2/c10-6-4-8-2-1-3-9(8)5-7-11/h8-9H,1-7,10-11H2/t8-,9+. The quantitative estimate of drug-likeness (QED) is 0.640. The van der Waals surface area contributed by atoms with Crippen LogP contribution in [-0.2, 0) is 0 Å². The third-order valence-electron chi connectivity index (χ3n) is 2.89. The smallest absolute Gasteiger partial charge is 0.00745 e. The summed E-state index contributed by atoms with van der Waals surface area (Å²) in [6, 6.07) is 0. The van der Waals surface area contributed by atoms with Gasteiger partial charge in [0, 0.05) is 0 Å². The maximum Gasteiger partial charge on any atom is -0.00745 e. The van der Waals surface area contributed by atoms with Gasteiger partial charge in [-0.15, -0.1) is 0 Å². The summed E-state index contributed by atoms with van der Waals surface area (Å²) in [5.41, 5.74) is 11.1. The average Bonchev–Trinajstić information content (AvgIpc) is 2.39. The Morgan fingerprint density at radius 1 is 0.909 bits per heavy atom. The van der Waals surface area contributed by atoms with E-state index in [0.29, 0.717) is 0 Å². The van der Waals surface area contributed by atoms with Crippen LogP contribution in [0, 0.1) is 11.8 Å². The Labute approximate surface area is 69.3 Å². The summed E-state index contributed by atoms with van der Waals surface area (Å²) >= 11 is 0. The first-order chi connectivity index (χ1) is 5.38. The molecule has 0 aromatic rings. The highest BCUT2D eigenvalue weighted by Gasteiger charge is 2.25. The second-order valence-electron chi connectivity index (χ2n) is 3.61. The zero-order valence-electron chi connectivity index (χ0n) is 7.26. The Morgan fingerprint density at radius 3 is 1.73 bits per heavy atom. The van der Waals surface area contributed by atoms with Gasteiger partial charge >= 0.3 is 0 Å². The van der Waals surface area contributed by atoms with E-state index in [9.17, 15) is 0 Å². The normalized spacial score (nSPS) is 31.1. The van der Waals surface area contributed by atoms with Gasteiger partial charge in [-0.25, -0.2) is 0 Å². The number of rotatable bonds is 4. The molecule has 1 fully saturated rings. The van der Waals surface area contributed by atoms with Crippen molar-refractivity contribution in [3.63, 3.8) is 0 Å². The highest BCUT2D eigenvalue weighted by molar-refractivity contribution is 4.77. The minimum Gasteiger partial charge on any atom is -0.330 e. The van der Waals surface area contributed by atoms with Crippen molar-refractivity contribution in [2.75, 3.05) is 13.1 Å². The molecule has 0 aromatic carbocycles. The molecule has 1 aliphatic rings. The van der Waals surface area contributed by atoms with E-state index in [1.807, 2.05) is 0 Å². The van der Waals surface area contributed by atoms with Gasteiger partial charge in [0.1, 0.15) is 0 Å². The molecule has 0 unspecified atom stereocenters. The van der Waals surface area contributed by atoms with Crippen molar-refractivity contribution in [2.45, 2.75) is 32.1 Å². The monoisotopic (exact) mass is 156 g/mol. The summed E-state index contributed by atoms with van der Waals surface area (Å²) in [6.07, 6.45) is 6.61. The minimum atomic E-state index is 0.853. The van der Waals surface area contributed by atoms with Crippen LogP contribution in [0.4, 0.5) is 0 Å². The summed E-state index contributed by atoms with van der Waals surface area (Å²) in [4.78, 5) is 0. The maximum atomic E-state index is 5.54. The van der Waals surface area contributed by atoms with E-state index in [1.165, 1.54) is 32.1 Å². The van der Waals surface area contributed by atoms with Crippen LogP contribution in [0.25, 0.3) is 0 Å². The fraction of sp³-hybridized carbons (Fsp3) is 1.00. The second kappa shape index (κ2) is 4.73. The lowest BCUT2D eigenvalue weighted by molar-refractivity contribution is 0.352. The zero-order valence-corrected chi connectivity index (χ0v) is 7.26. The summed E-state index contributed by atoms with van der Waals surface area (Å²) in [7, 11) is 0. The third kappa shape index (κ3) is 2.46. The molecule has 0 heterocycles. The highest BCUT2D eigenvalue weighted by Crippen LogP contribution is 2.35. The van der Waals surface area contributed by atoms with E-state index in [4.69, 9.17) is 11.5 Å². The molecule has 66 valence electrons. The summed E-state index contributed by atoms with van der Waals surface area (Å²) in [5, 5.41) is 0. The SMILES string of the molecule is NCC[C@@H]1CCC[C@@H]1CCN. The van der Waals surface area contributed by atoms with Crippen LogP contribution in [0.2, 0.25) is 0 Å². The van der Waals surface area contributed by atoms with Crippen molar-refractivity contribution < 1.29 is 0 Å². The van der Waals surface area contributed by atoms with Gasteiger partial charge in [0.05, 0.1) is 0 Å². The van der Waals surface area contributed by atoms with Gasteiger partial charge in [-0.3, -0.25) is 0 Å². The summed E-state index contributed by atoms with van der Waals surface area (Å²) in [5.74, 6) is 1.78. The van der Waals surface area contributed by atoms with Gasteiger partial charge in [-0.05, 0) is 37.8 Å². The largest absolute Gasteiger partial charge is 0.330 e. The van der Waals surface area contributed by atoms with E-state index in [-0.39, 0.29) is 0 Å². The Bertz CT molecular complexity index is 91.7. The van der Waals surface area contributed by atoms with Crippen LogP contribution in [0.3, 0.4) is 0 Å². The molecule has 0 radical (unpaired) electrons. The fourth-order valence-electron chi connectivity index (χ4n) is 2.30. The van der Waals surface area contributed by atoms with Crippen molar-refractivity contribution in [3.05, 3.63) is 0 Å². The van der Waals surface area contributed by atoms with Gasteiger partial charge in [0.2, 0.25) is 0 Å². The number of hydrogen-bond acceptors (Lipinski definition) is 2. The molecule has 11 heavy (non-hydrogen) atoms. The van der Waals surface area contributed by atoms with Gasteiger partial charge in [0.25, 0.3) is 0 Å².